The molecule has 0 spiro atoms. The van der Waals surface area contributed by atoms with E-state index in [1.165, 1.54) is 20.9 Å². The lowest BCUT2D eigenvalue weighted by Crippen LogP contribution is -2.30. The molecule has 0 atom stereocenters. The third kappa shape index (κ3) is 7.01. The first kappa shape index (κ1) is 36.0. The van der Waals surface area contributed by atoms with Gasteiger partial charge in [-0.2, -0.15) is 0 Å². The molecule has 4 heterocycles. The van der Waals surface area contributed by atoms with Gasteiger partial charge in [-0.3, -0.25) is 9.59 Å². The normalized spacial score (nSPS) is 15.0. The summed E-state index contributed by atoms with van der Waals surface area (Å²) < 4.78 is 0. The molecule has 0 saturated heterocycles. The number of nitrogens with zero attached hydrogens (tertiary/aromatic N) is 2. The smallest absolute Gasteiger partial charge is 0.259 e. The molecule has 0 unspecified atom stereocenters. The number of hydrogen-bond donors (Lipinski definition) is 0. The van der Waals surface area contributed by atoms with Gasteiger partial charge in [0.2, 0.25) is 0 Å². The zero-order chi connectivity index (χ0) is 37.0. The molecule has 0 saturated carbocycles. The number of fused-ring (bicyclic) bond motifs is 2. The fraction of sp³-hybridized carbons (Fsp3) is 0.250. The van der Waals surface area contributed by atoms with E-state index in [-0.39, 0.29) is 11.8 Å². The van der Waals surface area contributed by atoms with Crippen LogP contribution in [-0.2, 0) is 9.59 Å². The number of amides is 2. The third-order valence-corrected chi connectivity index (χ3v) is 13.0. The van der Waals surface area contributed by atoms with Crippen LogP contribution in [0.2, 0.25) is 0 Å². The van der Waals surface area contributed by atoms with Crippen LogP contribution in [0.3, 0.4) is 0 Å². The Kier molecular flexibility index (Phi) is 10.7. The third-order valence-electron chi connectivity index (χ3n) is 10.7. The standard InChI is InChI=1S/C48H46N2O2S2/c1-3-5-7-15-29-49-39-31-35(43-27-25-41(53-43)33-17-11-9-12-18-33)21-23-37(39)45(47(49)51)46-38-24-22-36(32-40(38)50(48(46)52)30-16-8-6-4-2)44-28-26-42(54-44)34-19-13-10-14-20-34/h9-14,17-28,31-32H,3-8,15-16,29-30H2,1-2H3. The first-order valence-electron chi connectivity index (χ1n) is 19.5. The maximum atomic E-state index is 14.7. The van der Waals surface area contributed by atoms with Crippen LogP contribution >= 0.6 is 22.7 Å². The van der Waals surface area contributed by atoms with Crippen molar-refractivity contribution >= 4 is 57.0 Å². The largest absolute Gasteiger partial charge is 0.308 e. The van der Waals surface area contributed by atoms with Gasteiger partial charge < -0.3 is 9.80 Å². The molecule has 272 valence electrons. The van der Waals surface area contributed by atoms with Crippen LogP contribution < -0.4 is 9.80 Å². The number of unbranched alkanes of at least 4 members (excludes halogenated alkanes) is 6. The predicted molar refractivity (Wildman–Crippen MR) is 230 cm³/mol. The summed E-state index contributed by atoms with van der Waals surface area (Å²) in [7, 11) is 0. The van der Waals surface area contributed by atoms with Gasteiger partial charge in [-0.25, -0.2) is 0 Å². The lowest BCUT2D eigenvalue weighted by Gasteiger charge is -2.18. The summed E-state index contributed by atoms with van der Waals surface area (Å²) in [6.07, 6.45) is 8.52. The first-order chi connectivity index (χ1) is 26.6. The molecule has 4 aromatic carbocycles. The second kappa shape index (κ2) is 16.1. The van der Waals surface area contributed by atoms with Crippen LogP contribution in [0.4, 0.5) is 11.4 Å². The van der Waals surface area contributed by atoms with Crippen LogP contribution in [0.15, 0.2) is 121 Å². The highest BCUT2D eigenvalue weighted by Crippen LogP contribution is 2.49. The van der Waals surface area contributed by atoms with E-state index in [4.69, 9.17) is 0 Å². The number of thiophene rings is 2. The maximum absolute atomic E-state index is 14.7. The molecule has 0 N–H and O–H groups in total. The molecule has 0 bridgehead atoms. The Morgan fingerprint density at radius 1 is 0.426 bits per heavy atom. The van der Waals surface area contributed by atoms with Crippen LogP contribution in [0.1, 0.15) is 76.3 Å². The van der Waals surface area contributed by atoms with E-state index >= 15 is 0 Å². The Hall–Kier alpha value is -5.04. The minimum absolute atomic E-state index is 0.0632. The molecule has 2 aliphatic rings. The van der Waals surface area contributed by atoms with Gasteiger partial charge in [-0.1, -0.05) is 137 Å². The molecule has 4 nitrogen and oxygen atoms in total. The average molecular weight is 747 g/mol. The van der Waals surface area contributed by atoms with Crippen molar-refractivity contribution in [1.29, 1.82) is 0 Å². The molecule has 6 aromatic rings. The minimum atomic E-state index is -0.0632. The van der Waals surface area contributed by atoms with E-state index in [2.05, 4.69) is 123 Å². The molecule has 2 amide bonds. The van der Waals surface area contributed by atoms with Crippen molar-refractivity contribution in [3.8, 4) is 41.8 Å². The maximum Gasteiger partial charge on any atom is 0.259 e. The molecule has 2 aliphatic heterocycles. The van der Waals surface area contributed by atoms with Crippen LogP contribution in [-0.4, -0.2) is 24.9 Å². The zero-order valence-electron chi connectivity index (χ0n) is 31.1. The molecule has 0 radical (unpaired) electrons. The van der Waals surface area contributed by atoms with E-state index < -0.39 is 0 Å². The van der Waals surface area contributed by atoms with Crippen molar-refractivity contribution in [1.82, 2.24) is 0 Å². The Morgan fingerprint density at radius 3 is 1.20 bits per heavy atom. The van der Waals surface area contributed by atoms with Crippen molar-refractivity contribution in [3.63, 3.8) is 0 Å². The monoisotopic (exact) mass is 746 g/mol. The van der Waals surface area contributed by atoms with Crippen LogP contribution in [0.5, 0.6) is 0 Å². The predicted octanol–water partition coefficient (Wildman–Crippen LogP) is 13.2. The Bertz CT molecular complexity index is 2150. The van der Waals surface area contributed by atoms with Gasteiger partial charge in [0.1, 0.15) is 0 Å². The second-order valence-electron chi connectivity index (χ2n) is 14.3. The topological polar surface area (TPSA) is 40.6 Å². The SMILES string of the molecule is CCCCCCN1C(=O)C(=C2C(=O)N(CCCCCC)c3cc(-c4ccc(-c5ccccc5)s4)ccc32)c2ccc(-c3ccc(-c4ccccc4)s3)cc21. The van der Waals surface area contributed by atoms with Crippen molar-refractivity contribution in [2.24, 2.45) is 0 Å². The molecular weight excluding hydrogens is 701 g/mol. The quantitative estimate of drug-likeness (QED) is 0.0822. The van der Waals surface area contributed by atoms with Gasteiger partial charge in [0, 0.05) is 43.7 Å². The Balaban J connectivity index is 1.21. The van der Waals surface area contributed by atoms with Gasteiger partial charge in [0.05, 0.1) is 22.5 Å². The highest BCUT2D eigenvalue weighted by Gasteiger charge is 2.42. The summed E-state index contributed by atoms with van der Waals surface area (Å²) in [5.41, 5.74) is 9.19. The van der Waals surface area contributed by atoms with Gasteiger partial charge >= 0.3 is 0 Å². The number of rotatable bonds is 14. The summed E-state index contributed by atoms with van der Waals surface area (Å²) in [5, 5.41) is 0. The second-order valence-corrected chi connectivity index (χ2v) is 16.5. The van der Waals surface area contributed by atoms with E-state index in [0.29, 0.717) is 24.2 Å². The van der Waals surface area contributed by atoms with Crippen LogP contribution in [0.25, 0.3) is 52.9 Å². The molecule has 8 rings (SSSR count). The fourth-order valence-electron chi connectivity index (χ4n) is 7.78. The van der Waals surface area contributed by atoms with Crippen molar-refractivity contribution in [3.05, 3.63) is 132 Å². The Labute approximate surface area is 327 Å². The number of carbonyl (C=O) groups excluding carboxylic acids is 2. The number of carbonyl (C=O) groups is 2. The van der Waals surface area contributed by atoms with Gasteiger partial charge in [-0.15, -0.1) is 22.7 Å². The van der Waals surface area contributed by atoms with Crippen LogP contribution in [0, 0.1) is 0 Å². The highest BCUT2D eigenvalue weighted by atomic mass is 32.1. The van der Waals surface area contributed by atoms with Crippen molar-refractivity contribution in [2.45, 2.75) is 65.2 Å². The molecular formula is C48H46N2O2S2. The lowest BCUT2D eigenvalue weighted by molar-refractivity contribution is -0.114. The summed E-state index contributed by atoms with van der Waals surface area (Å²) in [6, 6.07) is 42.4. The van der Waals surface area contributed by atoms with E-state index in [1.54, 1.807) is 22.7 Å². The summed E-state index contributed by atoms with van der Waals surface area (Å²) in [6.45, 7) is 5.68. The minimum Gasteiger partial charge on any atom is -0.308 e. The van der Waals surface area contributed by atoms with E-state index in [0.717, 1.165) is 94.7 Å². The van der Waals surface area contributed by atoms with Gasteiger partial charge in [-0.05, 0) is 71.5 Å². The number of hydrogen-bond acceptors (Lipinski definition) is 4. The first-order valence-corrected chi connectivity index (χ1v) is 21.2. The summed E-state index contributed by atoms with van der Waals surface area (Å²) in [5.74, 6) is -0.126. The summed E-state index contributed by atoms with van der Waals surface area (Å²) >= 11 is 3.53. The van der Waals surface area contributed by atoms with E-state index in [9.17, 15) is 9.59 Å². The highest BCUT2D eigenvalue weighted by molar-refractivity contribution is 7.19. The van der Waals surface area contributed by atoms with Gasteiger partial charge in [0.25, 0.3) is 11.8 Å². The van der Waals surface area contributed by atoms with Crippen molar-refractivity contribution in [2.75, 3.05) is 22.9 Å². The number of anilines is 2. The van der Waals surface area contributed by atoms with Gasteiger partial charge in [0.15, 0.2) is 0 Å². The molecule has 0 fully saturated rings. The molecule has 54 heavy (non-hydrogen) atoms. The lowest BCUT2D eigenvalue weighted by atomic mass is 9.95. The number of benzene rings is 4. The molecule has 2 aromatic heterocycles. The Morgan fingerprint density at radius 2 is 0.815 bits per heavy atom. The van der Waals surface area contributed by atoms with Crippen molar-refractivity contribution < 1.29 is 9.59 Å². The fourth-order valence-corrected chi connectivity index (χ4v) is 9.80. The molecule has 0 aliphatic carbocycles. The average Bonchev–Trinajstić information content (AvgIpc) is 4.01. The summed E-state index contributed by atoms with van der Waals surface area (Å²) in [4.78, 5) is 38.1. The van der Waals surface area contributed by atoms with E-state index in [1.807, 2.05) is 21.9 Å². The zero-order valence-corrected chi connectivity index (χ0v) is 32.8. The molecule has 6 heteroatoms.